The van der Waals surface area contributed by atoms with Crippen LogP contribution in [0.3, 0.4) is 0 Å². The fourth-order valence-electron chi connectivity index (χ4n) is 3.90. The number of fused-ring (bicyclic) bond motifs is 2. The number of aliphatic hydroxyl groups is 1. The smallest absolute Gasteiger partial charge is 0.334 e. The van der Waals surface area contributed by atoms with E-state index in [9.17, 15) is 14.7 Å². The molecule has 3 aliphatic rings. The standard InChI is InChI=1S/C20H24O5/c1-10(2)13-7-6-12-8-14(24-18(12)22)16(11(3)4)15-9-20(5,17(13)21)19(23)25-15/h8-9,13-14,16-17,21H,1,3,6-7H2,2,4-5H3/t13?,14-,16-,17+,20+/m1/s1. The second-order valence-electron chi connectivity index (χ2n) is 7.54. The Bertz CT molecular complexity index is 728. The Labute approximate surface area is 147 Å². The van der Waals surface area contributed by atoms with Gasteiger partial charge < -0.3 is 14.6 Å². The zero-order chi connectivity index (χ0) is 18.5. The van der Waals surface area contributed by atoms with Crippen molar-refractivity contribution in [3.8, 4) is 0 Å². The van der Waals surface area contributed by atoms with Gasteiger partial charge in [0, 0.05) is 11.5 Å². The number of rotatable bonds is 2. The Balaban J connectivity index is 2.13. The van der Waals surface area contributed by atoms with Gasteiger partial charge in [0.05, 0.1) is 12.0 Å². The van der Waals surface area contributed by atoms with E-state index in [1.54, 1.807) is 26.0 Å². The zero-order valence-electron chi connectivity index (χ0n) is 14.9. The molecule has 0 amide bonds. The first-order valence-electron chi connectivity index (χ1n) is 8.50. The summed E-state index contributed by atoms with van der Waals surface area (Å²) in [6.07, 6.45) is 2.91. The molecule has 0 aromatic carbocycles. The summed E-state index contributed by atoms with van der Waals surface area (Å²) in [5.41, 5.74) is 0.918. The minimum atomic E-state index is -1.16. The molecular weight excluding hydrogens is 320 g/mol. The van der Waals surface area contributed by atoms with E-state index in [4.69, 9.17) is 9.47 Å². The molecule has 1 N–H and O–H groups in total. The summed E-state index contributed by atoms with van der Waals surface area (Å²) in [5.74, 6) is -1.25. The first kappa shape index (κ1) is 17.7. The lowest BCUT2D eigenvalue weighted by molar-refractivity contribution is -0.151. The van der Waals surface area contributed by atoms with Gasteiger partial charge in [-0.2, -0.15) is 0 Å². The lowest BCUT2D eigenvalue weighted by Gasteiger charge is -2.32. The third-order valence-electron chi connectivity index (χ3n) is 5.48. The lowest BCUT2D eigenvalue weighted by Crippen LogP contribution is -2.41. The van der Waals surface area contributed by atoms with Crippen molar-refractivity contribution in [2.24, 2.45) is 17.3 Å². The van der Waals surface area contributed by atoms with Crippen molar-refractivity contribution < 1.29 is 24.2 Å². The minimum Gasteiger partial charge on any atom is -0.454 e. The van der Waals surface area contributed by atoms with E-state index in [1.165, 1.54) is 0 Å². The molecule has 1 aliphatic carbocycles. The van der Waals surface area contributed by atoms with Crippen molar-refractivity contribution in [3.05, 3.63) is 47.8 Å². The van der Waals surface area contributed by atoms with Gasteiger partial charge in [0.25, 0.3) is 0 Å². The van der Waals surface area contributed by atoms with E-state index in [2.05, 4.69) is 13.2 Å². The van der Waals surface area contributed by atoms with E-state index in [1.807, 2.05) is 6.92 Å². The van der Waals surface area contributed by atoms with Crippen LogP contribution in [0.4, 0.5) is 0 Å². The van der Waals surface area contributed by atoms with Gasteiger partial charge in [0.2, 0.25) is 0 Å². The second-order valence-corrected chi connectivity index (χ2v) is 7.54. The van der Waals surface area contributed by atoms with Crippen molar-refractivity contribution in [1.29, 1.82) is 0 Å². The van der Waals surface area contributed by atoms with E-state index in [-0.39, 0.29) is 11.9 Å². The topological polar surface area (TPSA) is 72.8 Å². The highest BCUT2D eigenvalue weighted by atomic mass is 16.6. The van der Waals surface area contributed by atoms with E-state index < -0.39 is 29.5 Å². The number of hydrogen-bond donors (Lipinski definition) is 1. The van der Waals surface area contributed by atoms with E-state index >= 15 is 0 Å². The number of hydrogen-bond acceptors (Lipinski definition) is 5. The van der Waals surface area contributed by atoms with E-state index in [0.29, 0.717) is 24.2 Å². The molecule has 2 heterocycles. The second kappa shape index (κ2) is 5.99. The highest BCUT2D eigenvalue weighted by molar-refractivity contribution is 5.91. The van der Waals surface area contributed by atoms with Gasteiger partial charge in [-0.3, -0.25) is 4.79 Å². The van der Waals surface area contributed by atoms with Gasteiger partial charge in [-0.05, 0) is 45.8 Å². The van der Waals surface area contributed by atoms with Crippen LogP contribution >= 0.6 is 0 Å². The minimum absolute atomic E-state index is 0.331. The molecule has 0 fully saturated rings. The normalized spacial score (nSPS) is 37.4. The highest BCUT2D eigenvalue weighted by Crippen LogP contribution is 2.45. The summed E-state index contributed by atoms with van der Waals surface area (Å²) in [6, 6.07) is 0. The Morgan fingerprint density at radius 3 is 2.56 bits per heavy atom. The largest absolute Gasteiger partial charge is 0.454 e. The van der Waals surface area contributed by atoms with Crippen LogP contribution in [0.5, 0.6) is 0 Å². The Hall–Kier alpha value is -2.14. The zero-order valence-corrected chi connectivity index (χ0v) is 14.9. The maximum atomic E-state index is 12.6. The predicted molar refractivity (Wildman–Crippen MR) is 92.1 cm³/mol. The fourth-order valence-corrected chi connectivity index (χ4v) is 3.90. The van der Waals surface area contributed by atoms with Gasteiger partial charge >= 0.3 is 11.9 Å². The van der Waals surface area contributed by atoms with Crippen LogP contribution in [-0.2, 0) is 19.1 Å². The van der Waals surface area contributed by atoms with E-state index in [0.717, 1.165) is 11.1 Å². The number of ether oxygens (including phenoxy) is 2. The molecule has 5 atom stereocenters. The predicted octanol–water partition coefficient (Wildman–Crippen LogP) is 2.82. The number of aliphatic hydroxyl groups excluding tert-OH is 1. The Morgan fingerprint density at radius 2 is 1.96 bits per heavy atom. The number of carbonyl (C=O) groups excluding carboxylic acids is 2. The summed E-state index contributed by atoms with van der Waals surface area (Å²) in [6.45, 7) is 13.2. The van der Waals surface area contributed by atoms with Crippen LogP contribution in [0.15, 0.2) is 47.8 Å². The Kier molecular flexibility index (Phi) is 4.23. The lowest BCUT2D eigenvalue weighted by atomic mass is 9.74. The molecule has 134 valence electrons. The van der Waals surface area contributed by atoms with Crippen LogP contribution < -0.4 is 0 Å². The molecule has 0 aromatic rings. The first-order chi connectivity index (χ1) is 11.6. The molecule has 3 rings (SSSR count). The van der Waals surface area contributed by atoms with Crippen LogP contribution in [0.25, 0.3) is 0 Å². The Morgan fingerprint density at radius 1 is 1.28 bits per heavy atom. The van der Waals surface area contributed by atoms with Crippen LogP contribution in [0.1, 0.15) is 33.6 Å². The summed E-state index contributed by atoms with van der Waals surface area (Å²) in [7, 11) is 0. The maximum absolute atomic E-state index is 12.6. The molecule has 4 bridgehead atoms. The molecule has 25 heavy (non-hydrogen) atoms. The van der Waals surface area contributed by atoms with Gasteiger partial charge in [0.15, 0.2) is 0 Å². The molecule has 5 nitrogen and oxygen atoms in total. The number of carbonyl (C=O) groups is 2. The first-order valence-corrected chi connectivity index (χ1v) is 8.50. The summed E-state index contributed by atoms with van der Waals surface area (Å²) < 4.78 is 11.0. The van der Waals surface area contributed by atoms with Gasteiger partial charge in [-0.15, -0.1) is 0 Å². The third kappa shape index (κ3) is 2.76. The van der Waals surface area contributed by atoms with Gasteiger partial charge in [0.1, 0.15) is 17.3 Å². The fraction of sp³-hybridized carbons (Fsp3) is 0.500. The van der Waals surface area contributed by atoms with Crippen LogP contribution in [-0.4, -0.2) is 29.3 Å². The highest BCUT2D eigenvalue weighted by Gasteiger charge is 2.51. The average molecular weight is 344 g/mol. The summed E-state index contributed by atoms with van der Waals surface area (Å²) >= 11 is 0. The molecule has 0 spiro atoms. The quantitative estimate of drug-likeness (QED) is 0.616. The average Bonchev–Trinajstić information content (AvgIpc) is 2.99. The SMILES string of the molecule is C=C(C)C1CCC2=C[C@@H](OC2=O)[C@@H](C(=C)C)C2=C[C@](C)(C(=O)O2)[C@H]1O. The molecular formula is C20H24O5. The van der Waals surface area contributed by atoms with Gasteiger partial charge in [-0.25, -0.2) is 4.79 Å². The molecule has 0 saturated heterocycles. The maximum Gasteiger partial charge on any atom is 0.334 e. The van der Waals surface area contributed by atoms with Crippen molar-refractivity contribution in [2.45, 2.75) is 45.8 Å². The summed E-state index contributed by atoms with van der Waals surface area (Å²) in [5, 5.41) is 11.0. The van der Waals surface area contributed by atoms with Crippen LogP contribution in [0.2, 0.25) is 0 Å². The number of esters is 2. The molecule has 0 saturated carbocycles. The van der Waals surface area contributed by atoms with Crippen molar-refractivity contribution >= 4 is 11.9 Å². The molecule has 0 radical (unpaired) electrons. The van der Waals surface area contributed by atoms with Gasteiger partial charge in [-0.1, -0.05) is 24.3 Å². The monoisotopic (exact) mass is 344 g/mol. The van der Waals surface area contributed by atoms with Crippen molar-refractivity contribution in [3.63, 3.8) is 0 Å². The van der Waals surface area contributed by atoms with Crippen molar-refractivity contribution in [2.75, 3.05) is 0 Å². The molecule has 5 heteroatoms. The molecule has 2 aliphatic heterocycles. The van der Waals surface area contributed by atoms with Crippen molar-refractivity contribution in [1.82, 2.24) is 0 Å². The molecule has 1 unspecified atom stereocenters. The summed E-state index contributed by atoms with van der Waals surface area (Å²) in [4.78, 5) is 24.8. The van der Waals surface area contributed by atoms with Crippen LogP contribution in [0, 0.1) is 17.3 Å². The molecule has 0 aromatic heterocycles. The third-order valence-corrected chi connectivity index (χ3v) is 5.48.